The predicted molar refractivity (Wildman–Crippen MR) is 93.4 cm³/mol. The Morgan fingerprint density at radius 3 is 2.78 bits per heavy atom. The van der Waals surface area contributed by atoms with E-state index in [9.17, 15) is 0 Å². The van der Waals surface area contributed by atoms with Crippen LogP contribution in [0.4, 0.5) is 0 Å². The summed E-state index contributed by atoms with van der Waals surface area (Å²) in [7, 11) is 2.15. The van der Waals surface area contributed by atoms with Gasteiger partial charge in [-0.3, -0.25) is 9.88 Å². The van der Waals surface area contributed by atoms with Gasteiger partial charge in [0.2, 0.25) is 0 Å². The van der Waals surface area contributed by atoms with E-state index in [1.807, 2.05) is 18.5 Å². The zero-order valence-electron chi connectivity index (χ0n) is 14.1. The SMILES string of the molecule is C[C@@H](c1cccnc1)N(C)Cc1cccc(OC2CCCC2)c1. The maximum absolute atomic E-state index is 6.11. The summed E-state index contributed by atoms with van der Waals surface area (Å²) >= 11 is 0. The van der Waals surface area contributed by atoms with Crippen molar-refractivity contribution in [2.24, 2.45) is 0 Å². The Morgan fingerprint density at radius 2 is 2.04 bits per heavy atom. The molecule has 23 heavy (non-hydrogen) atoms. The molecule has 3 heteroatoms. The summed E-state index contributed by atoms with van der Waals surface area (Å²) in [6.45, 7) is 3.12. The fourth-order valence-electron chi connectivity index (χ4n) is 3.22. The average Bonchev–Trinajstić information content (AvgIpc) is 3.08. The Balaban J connectivity index is 1.62. The number of benzene rings is 1. The van der Waals surface area contributed by atoms with Crippen molar-refractivity contribution < 1.29 is 4.74 Å². The van der Waals surface area contributed by atoms with Crippen LogP contribution in [0.1, 0.15) is 49.8 Å². The van der Waals surface area contributed by atoms with Crippen LogP contribution in [-0.2, 0) is 6.54 Å². The number of pyridine rings is 1. The molecule has 3 rings (SSSR count). The molecule has 1 aliphatic rings. The molecule has 0 amide bonds. The summed E-state index contributed by atoms with van der Waals surface area (Å²) in [5.74, 6) is 1.01. The van der Waals surface area contributed by atoms with E-state index in [1.165, 1.54) is 36.8 Å². The molecule has 1 heterocycles. The van der Waals surface area contributed by atoms with Crippen LogP contribution in [-0.4, -0.2) is 23.0 Å². The Bertz CT molecular complexity index is 608. The third-order valence-corrected chi connectivity index (χ3v) is 4.76. The van der Waals surface area contributed by atoms with Crippen LogP contribution in [0.5, 0.6) is 5.75 Å². The lowest BCUT2D eigenvalue weighted by molar-refractivity contribution is 0.209. The lowest BCUT2D eigenvalue weighted by Gasteiger charge is -2.25. The molecule has 0 saturated heterocycles. The van der Waals surface area contributed by atoms with Crippen molar-refractivity contribution in [2.75, 3.05) is 7.05 Å². The van der Waals surface area contributed by atoms with Gasteiger partial charge in [0.25, 0.3) is 0 Å². The molecule has 1 aromatic heterocycles. The quantitative estimate of drug-likeness (QED) is 0.780. The molecule has 0 bridgehead atoms. The molecule has 0 N–H and O–H groups in total. The van der Waals surface area contributed by atoms with Gasteiger partial charge in [-0.1, -0.05) is 18.2 Å². The standard InChI is InChI=1S/C20H26N2O/c1-16(18-8-6-12-21-14-18)22(2)15-17-7-5-11-20(13-17)23-19-9-3-4-10-19/h5-8,11-14,16,19H,3-4,9-10,15H2,1-2H3/t16-/m0/s1. The van der Waals surface area contributed by atoms with E-state index >= 15 is 0 Å². The molecule has 1 aliphatic carbocycles. The number of rotatable bonds is 6. The summed E-state index contributed by atoms with van der Waals surface area (Å²) < 4.78 is 6.11. The van der Waals surface area contributed by atoms with Gasteiger partial charge in [0, 0.05) is 25.0 Å². The molecule has 0 radical (unpaired) electrons. The molecular weight excluding hydrogens is 284 g/mol. The Labute approximate surface area is 139 Å². The molecule has 1 atom stereocenters. The fraction of sp³-hybridized carbons (Fsp3) is 0.450. The van der Waals surface area contributed by atoms with E-state index in [2.05, 4.69) is 54.2 Å². The van der Waals surface area contributed by atoms with E-state index < -0.39 is 0 Å². The second-order valence-corrected chi connectivity index (χ2v) is 6.55. The number of nitrogens with zero attached hydrogens (tertiary/aromatic N) is 2. The van der Waals surface area contributed by atoms with Gasteiger partial charge >= 0.3 is 0 Å². The topological polar surface area (TPSA) is 25.4 Å². The van der Waals surface area contributed by atoms with Gasteiger partial charge in [-0.05, 0) is 69.0 Å². The first-order chi connectivity index (χ1) is 11.2. The smallest absolute Gasteiger partial charge is 0.120 e. The monoisotopic (exact) mass is 310 g/mol. The lowest BCUT2D eigenvalue weighted by Crippen LogP contribution is -2.22. The summed E-state index contributed by atoms with van der Waals surface area (Å²) in [5.41, 5.74) is 2.53. The highest BCUT2D eigenvalue weighted by Gasteiger charge is 2.17. The highest BCUT2D eigenvalue weighted by atomic mass is 16.5. The average molecular weight is 310 g/mol. The Morgan fingerprint density at radius 1 is 1.22 bits per heavy atom. The van der Waals surface area contributed by atoms with E-state index in [1.54, 1.807) is 0 Å². The highest BCUT2D eigenvalue weighted by molar-refractivity contribution is 5.29. The third-order valence-electron chi connectivity index (χ3n) is 4.76. The van der Waals surface area contributed by atoms with Crippen molar-refractivity contribution in [2.45, 2.75) is 51.3 Å². The summed E-state index contributed by atoms with van der Waals surface area (Å²) in [4.78, 5) is 6.56. The van der Waals surface area contributed by atoms with Gasteiger partial charge in [0.1, 0.15) is 5.75 Å². The van der Waals surface area contributed by atoms with Crippen LogP contribution in [0.15, 0.2) is 48.8 Å². The van der Waals surface area contributed by atoms with E-state index in [-0.39, 0.29) is 0 Å². The predicted octanol–water partition coefficient (Wildman–Crippen LogP) is 4.60. The number of hydrogen-bond donors (Lipinski definition) is 0. The highest BCUT2D eigenvalue weighted by Crippen LogP contribution is 2.26. The molecule has 2 aromatic rings. The minimum Gasteiger partial charge on any atom is -0.490 e. The number of hydrogen-bond acceptors (Lipinski definition) is 3. The molecular formula is C20H26N2O. The fourth-order valence-corrected chi connectivity index (χ4v) is 3.22. The van der Waals surface area contributed by atoms with Gasteiger partial charge in [-0.25, -0.2) is 0 Å². The van der Waals surface area contributed by atoms with E-state index in [4.69, 9.17) is 4.74 Å². The van der Waals surface area contributed by atoms with Crippen molar-refractivity contribution in [3.05, 3.63) is 59.9 Å². The van der Waals surface area contributed by atoms with Crippen LogP contribution in [0.3, 0.4) is 0 Å². The molecule has 0 aliphatic heterocycles. The normalized spacial score (nSPS) is 16.7. The molecule has 1 aromatic carbocycles. The Kier molecular flexibility index (Phi) is 5.29. The zero-order valence-corrected chi connectivity index (χ0v) is 14.1. The van der Waals surface area contributed by atoms with Crippen molar-refractivity contribution in [3.63, 3.8) is 0 Å². The molecule has 0 spiro atoms. The van der Waals surface area contributed by atoms with Crippen LogP contribution in [0.25, 0.3) is 0 Å². The zero-order chi connectivity index (χ0) is 16.1. The molecule has 1 saturated carbocycles. The maximum Gasteiger partial charge on any atom is 0.120 e. The largest absolute Gasteiger partial charge is 0.490 e. The second-order valence-electron chi connectivity index (χ2n) is 6.55. The number of aromatic nitrogens is 1. The van der Waals surface area contributed by atoms with Gasteiger partial charge in [0.15, 0.2) is 0 Å². The van der Waals surface area contributed by atoms with Crippen molar-refractivity contribution in [1.29, 1.82) is 0 Å². The van der Waals surface area contributed by atoms with Crippen LogP contribution in [0.2, 0.25) is 0 Å². The first-order valence-corrected chi connectivity index (χ1v) is 8.58. The van der Waals surface area contributed by atoms with Gasteiger partial charge in [-0.2, -0.15) is 0 Å². The molecule has 3 nitrogen and oxygen atoms in total. The first-order valence-electron chi connectivity index (χ1n) is 8.58. The van der Waals surface area contributed by atoms with Gasteiger partial charge in [-0.15, -0.1) is 0 Å². The molecule has 1 fully saturated rings. The second kappa shape index (κ2) is 7.60. The van der Waals surface area contributed by atoms with Crippen molar-refractivity contribution in [3.8, 4) is 5.75 Å². The molecule has 0 unspecified atom stereocenters. The number of ether oxygens (including phenoxy) is 1. The third kappa shape index (κ3) is 4.32. The first kappa shape index (κ1) is 16.0. The van der Waals surface area contributed by atoms with E-state index in [0.717, 1.165) is 12.3 Å². The van der Waals surface area contributed by atoms with Crippen LogP contribution >= 0.6 is 0 Å². The van der Waals surface area contributed by atoms with Gasteiger partial charge in [0.05, 0.1) is 6.10 Å². The van der Waals surface area contributed by atoms with Crippen molar-refractivity contribution in [1.82, 2.24) is 9.88 Å². The van der Waals surface area contributed by atoms with Crippen molar-refractivity contribution >= 4 is 0 Å². The van der Waals surface area contributed by atoms with E-state index in [0.29, 0.717) is 12.1 Å². The minimum absolute atomic E-state index is 0.336. The van der Waals surface area contributed by atoms with Crippen LogP contribution in [0, 0.1) is 0 Å². The van der Waals surface area contributed by atoms with Gasteiger partial charge < -0.3 is 4.74 Å². The lowest BCUT2D eigenvalue weighted by atomic mass is 10.1. The maximum atomic E-state index is 6.11. The van der Waals surface area contributed by atoms with Crippen LogP contribution < -0.4 is 4.74 Å². The molecule has 122 valence electrons. The summed E-state index contributed by atoms with van der Waals surface area (Å²) in [6.07, 6.45) is 9.17. The Hall–Kier alpha value is -1.87. The summed E-state index contributed by atoms with van der Waals surface area (Å²) in [6, 6.07) is 13.0. The summed E-state index contributed by atoms with van der Waals surface area (Å²) in [5, 5.41) is 0. The minimum atomic E-state index is 0.336.